The van der Waals surface area contributed by atoms with Gasteiger partial charge in [0.2, 0.25) is 0 Å². The number of hydrogen-bond donors (Lipinski definition) is 2. The average Bonchev–Trinajstić information content (AvgIpc) is 2.27. The van der Waals surface area contributed by atoms with Crippen molar-refractivity contribution in [2.75, 3.05) is 6.54 Å². The Balaban J connectivity index is 2.53. The zero-order chi connectivity index (χ0) is 12.2. The van der Waals surface area contributed by atoms with Crippen molar-refractivity contribution in [2.24, 2.45) is 0 Å². The van der Waals surface area contributed by atoms with Crippen LogP contribution >= 0.6 is 0 Å². The first-order chi connectivity index (χ1) is 7.44. The third-order valence-electron chi connectivity index (χ3n) is 3.13. The summed E-state index contributed by atoms with van der Waals surface area (Å²) >= 11 is 0. The second-order valence-electron chi connectivity index (χ2n) is 4.86. The highest BCUT2D eigenvalue weighted by Crippen LogP contribution is 2.15. The summed E-state index contributed by atoms with van der Waals surface area (Å²) in [6.45, 7) is 8.69. The van der Waals surface area contributed by atoms with Gasteiger partial charge in [-0.05, 0) is 32.8 Å². The molecule has 0 aliphatic rings. The van der Waals surface area contributed by atoms with Gasteiger partial charge < -0.3 is 10.4 Å². The van der Waals surface area contributed by atoms with E-state index in [-0.39, 0.29) is 6.04 Å². The molecule has 0 radical (unpaired) electrons. The van der Waals surface area contributed by atoms with Crippen LogP contribution in [0, 0.1) is 6.92 Å². The van der Waals surface area contributed by atoms with Crippen LogP contribution in [0.25, 0.3) is 0 Å². The predicted octanol–water partition coefficient (Wildman–Crippen LogP) is 2.81. The number of rotatable bonds is 5. The van der Waals surface area contributed by atoms with Gasteiger partial charge in [0.1, 0.15) is 0 Å². The van der Waals surface area contributed by atoms with Gasteiger partial charge in [0.15, 0.2) is 0 Å². The van der Waals surface area contributed by atoms with Gasteiger partial charge in [0.05, 0.1) is 5.60 Å². The molecule has 0 spiro atoms. The Bertz CT molecular complexity index is 316. The molecule has 90 valence electrons. The van der Waals surface area contributed by atoms with Gasteiger partial charge in [-0.3, -0.25) is 0 Å². The molecule has 1 unspecified atom stereocenters. The summed E-state index contributed by atoms with van der Waals surface area (Å²) in [5.74, 6) is 0. The molecular weight excluding hydrogens is 198 g/mol. The van der Waals surface area contributed by atoms with E-state index in [1.807, 2.05) is 13.8 Å². The van der Waals surface area contributed by atoms with Gasteiger partial charge in [-0.15, -0.1) is 0 Å². The van der Waals surface area contributed by atoms with Crippen LogP contribution in [-0.4, -0.2) is 17.3 Å². The van der Waals surface area contributed by atoms with Gasteiger partial charge in [-0.2, -0.15) is 0 Å². The third-order valence-corrected chi connectivity index (χ3v) is 3.13. The fourth-order valence-corrected chi connectivity index (χ4v) is 1.47. The van der Waals surface area contributed by atoms with Gasteiger partial charge in [-0.25, -0.2) is 0 Å². The van der Waals surface area contributed by atoms with Crippen LogP contribution in [0.1, 0.15) is 44.4 Å². The maximum atomic E-state index is 9.90. The van der Waals surface area contributed by atoms with Crippen molar-refractivity contribution < 1.29 is 5.11 Å². The molecule has 1 rings (SSSR count). The van der Waals surface area contributed by atoms with E-state index >= 15 is 0 Å². The second kappa shape index (κ2) is 5.46. The van der Waals surface area contributed by atoms with Gasteiger partial charge in [-0.1, -0.05) is 36.8 Å². The second-order valence-corrected chi connectivity index (χ2v) is 4.86. The van der Waals surface area contributed by atoms with Crippen molar-refractivity contribution >= 4 is 0 Å². The van der Waals surface area contributed by atoms with E-state index in [1.165, 1.54) is 11.1 Å². The summed E-state index contributed by atoms with van der Waals surface area (Å²) in [5, 5.41) is 13.3. The molecule has 0 aromatic heterocycles. The molecule has 0 aliphatic heterocycles. The highest BCUT2D eigenvalue weighted by Gasteiger charge is 2.18. The Morgan fingerprint density at radius 1 is 1.31 bits per heavy atom. The van der Waals surface area contributed by atoms with Crippen LogP contribution in [0.3, 0.4) is 0 Å². The van der Waals surface area contributed by atoms with Crippen molar-refractivity contribution in [2.45, 2.75) is 45.8 Å². The summed E-state index contributed by atoms with van der Waals surface area (Å²) in [7, 11) is 0. The Hall–Kier alpha value is -0.860. The molecule has 2 heteroatoms. The minimum absolute atomic E-state index is 0.277. The topological polar surface area (TPSA) is 32.3 Å². The van der Waals surface area contributed by atoms with Crippen LogP contribution < -0.4 is 5.32 Å². The minimum Gasteiger partial charge on any atom is -0.389 e. The van der Waals surface area contributed by atoms with E-state index in [4.69, 9.17) is 0 Å². The van der Waals surface area contributed by atoms with Crippen molar-refractivity contribution in [3.05, 3.63) is 35.4 Å². The molecule has 1 aromatic carbocycles. The summed E-state index contributed by atoms with van der Waals surface area (Å²) in [6, 6.07) is 8.77. The standard InChI is InChI=1S/C14H23NO/c1-5-14(4,16)10-15-12(3)13-8-6-11(2)7-9-13/h6-9,12,15-16H,5,10H2,1-4H3/t12-,14?/m0/s1. The first kappa shape index (κ1) is 13.2. The first-order valence-electron chi connectivity index (χ1n) is 5.97. The maximum Gasteiger partial charge on any atom is 0.0741 e. The molecular formula is C14H23NO. The number of aliphatic hydroxyl groups is 1. The van der Waals surface area contributed by atoms with Crippen molar-refractivity contribution in [3.8, 4) is 0 Å². The summed E-state index contributed by atoms with van der Waals surface area (Å²) in [5.41, 5.74) is 1.92. The molecule has 1 aromatic rings. The molecule has 0 fully saturated rings. The van der Waals surface area contributed by atoms with Crippen molar-refractivity contribution in [3.63, 3.8) is 0 Å². The van der Waals surface area contributed by atoms with Gasteiger partial charge in [0, 0.05) is 12.6 Å². The molecule has 0 heterocycles. The molecule has 0 aliphatic carbocycles. The smallest absolute Gasteiger partial charge is 0.0741 e. The van der Waals surface area contributed by atoms with Crippen molar-refractivity contribution in [1.29, 1.82) is 0 Å². The van der Waals surface area contributed by atoms with E-state index in [9.17, 15) is 5.11 Å². The quantitative estimate of drug-likeness (QED) is 0.801. The third kappa shape index (κ3) is 3.95. The van der Waals surface area contributed by atoms with Gasteiger partial charge >= 0.3 is 0 Å². The Morgan fingerprint density at radius 2 is 1.88 bits per heavy atom. The highest BCUT2D eigenvalue weighted by atomic mass is 16.3. The maximum absolute atomic E-state index is 9.90. The molecule has 0 bridgehead atoms. The van der Waals surface area contributed by atoms with E-state index < -0.39 is 5.60 Å². The van der Waals surface area contributed by atoms with E-state index in [0.29, 0.717) is 6.54 Å². The molecule has 0 amide bonds. The Labute approximate surface area is 98.7 Å². The number of benzene rings is 1. The normalized spacial score (nSPS) is 16.8. The monoisotopic (exact) mass is 221 g/mol. The van der Waals surface area contributed by atoms with E-state index in [2.05, 4.69) is 43.4 Å². The lowest BCUT2D eigenvalue weighted by Crippen LogP contribution is -2.38. The fourth-order valence-electron chi connectivity index (χ4n) is 1.47. The lowest BCUT2D eigenvalue weighted by atomic mass is 10.0. The lowest BCUT2D eigenvalue weighted by Gasteiger charge is -2.24. The summed E-state index contributed by atoms with van der Waals surface area (Å²) < 4.78 is 0. The Kier molecular flexibility index (Phi) is 4.51. The van der Waals surface area contributed by atoms with Crippen LogP contribution in [0.2, 0.25) is 0 Å². The van der Waals surface area contributed by atoms with Crippen LogP contribution in [-0.2, 0) is 0 Å². The van der Waals surface area contributed by atoms with Crippen LogP contribution in [0.5, 0.6) is 0 Å². The first-order valence-corrected chi connectivity index (χ1v) is 5.97. The van der Waals surface area contributed by atoms with Gasteiger partial charge in [0.25, 0.3) is 0 Å². The number of nitrogens with one attached hydrogen (secondary N) is 1. The summed E-state index contributed by atoms with van der Waals surface area (Å²) in [4.78, 5) is 0. The molecule has 16 heavy (non-hydrogen) atoms. The summed E-state index contributed by atoms with van der Waals surface area (Å²) in [6.07, 6.45) is 0.765. The van der Waals surface area contributed by atoms with Crippen LogP contribution in [0.15, 0.2) is 24.3 Å². The van der Waals surface area contributed by atoms with E-state index in [1.54, 1.807) is 0 Å². The molecule has 2 atom stereocenters. The average molecular weight is 221 g/mol. The minimum atomic E-state index is -0.612. The highest BCUT2D eigenvalue weighted by molar-refractivity contribution is 5.23. The number of hydrogen-bond acceptors (Lipinski definition) is 2. The molecule has 2 nitrogen and oxygen atoms in total. The van der Waals surface area contributed by atoms with E-state index in [0.717, 1.165) is 6.42 Å². The van der Waals surface area contributed by atoms with Crippen molar-refractivity contribution in [1.82, 2.24) is 5.32 Å². The molecule has 0 saturated heterocycles. The van der Waals surface area contributed by atoms with Crippen LogP contribution in [0.4, 0.5) is 0 Å². The fraction of sp³-hybridized carbons (Fsp3) is 0.571. The largest absolute Gasteiger partial charge is 0.389 e. The zero-order valence-corrected chi connectivity index (χ0v) is 10.7. The number of aryl methyl sites for hydroxylation is 1. The predicted molar refractivity (Wildman–Crippen MR) is 68.5 cm³/mol. The SMILES string of the molecule is CCC(C)(O)CN[C@@H](C)c1ccc(C)cc1. The molecule has 2 N–H and O–H groups in total. The Morgan fingerprint density at radius 3 is 2.38 bits per heavy atom. The molecule has 0 saturated carbocycles. The lowest BCUT2D eigenvalue weighted by molar-refractivity contribution is 0.0533. The zero-order valence-electron chi connectivity index (χ0n) is 10.7.